The van der Waals surface area contributed by atoms with Crippen LogP contribution in [-0.4, -0.2) is 14.5 Å². The average Bonchev–Trinajstić information content (AvgIpc) is 2.67. The quantitative estimate of drug-likeness (QED) is 0.767. The third-order valence-corrected chi connectivity index (χ3v) is 1.82. The van der Waals surface area contributed by atoms with Crippen molar-refractivity contribution in [2.75, 3.05) is 0 Å². The molecule has 14 heavy (non-hydrogen) atoms. The minimum absolute atomic E-state index is 0.354. The van der Waals surface area contributed by atoms with Gasteiger partial charge in [0, 0.05) is 12.7 Å². The fourth-order valence-electron chi connectivity index (χ4n) is 1.12. The van der Waals surface area contributed by atoms with E-state index in [2.05, 4.69) is 9.97 Å². The van der Waals surface area contributed by atoms with E-state index in [9.17, 15) is 4.39 Å². The van der Waals surface area contributed by atoms with Crippen molar-refractivity contribution in [1.82, 2.24) is 14.5 Å². The molecule has 0 unspecified atom stereocenters. The number of nitrogens with zero attached hydrogens (tertiary/aromatic N) is 3. The van der Waals surface area contributed by atoms with Gasteiger partial charge in [-0.2, -0.15) is 0 Å². The van der Waals surface area contributed by atoms with E-state index >= 15 is 0 Å². The van der Waals surface area contributed by atoms with Crippen molar-refractivity contribution >= 4 is 0 Å². The zero-order chi connectivity index (χ0) is 9.97. The molecular formula is C9H9FN4. The second-order valence-electron chi connectivity index (χ2n) is 2.81. The molecule has 0 aliphatic rings. The lowest BCUT2D eigenvalue weighted by Crippen LogP contribution is -1.96. The summed E-state index contributed by atoms with van der Waals surface area (Å²) in [6.07, 6.45) is 4.53. The Labute approximate surface area is 80.2 Å². The number of nitrogens with two attached hydrogens (primary N) is 1. The smallest absolute Gasteiger partial charge is 0.141 e. The van der Waals surface area contributed by atoms with Gasteiger partial charge in [-0.15, -0.1) is 0 Å². The zero-order valence-corrected chi connectivity index (χ0v) is 7.39. The van der Waals surface area contributed by atoms with Crippen molar-refractivity contribution < 1.29 is 4.39 Å². The largest absolute Gasteiger partial charge is 0.325 e. The van der Waals surface area contributed by atoms with Crippen molar-refractivity contribution in [2.24, 2.45) is 5.73 Å². The van der Waals surface area contributed by atoms with Crippen LogP contribution in [0, 0.1) is 5.82 Å². The van der Waals surface area contributed by atoms with Crippen molar-refractivity contribution in [1.29, 1.82) is 0 Å². The summed E-state index contributed by atoms with van der Waals surface area (Å²) >= 11 is 0. The standard InChI is InChI=1S/C9H9FN4/c10-7-1-2-9(12-4-7)14-5-8(3-11)13-6-14/h1-2,4-6H,3,11H2. The molecule has 2 heterocycles. The van der Waals surface area contributed by atoms with E-state index < -0.39 is 0 Å². The topological polar surface area (TPSA) is 56.7 Å². The normalized spacial score (nSPS) is 10.4. The Morgan fingerprint density at radius 3 is 2.79 bits per heavy atom. The van der Waals surface area contributed by atoms with Gasteiger partial charge in [0.25, 0.3) is 0 Å². The summed E-state index contributed by atoms with van der Waals surface area (Å²) < 4.78 is 14.3. The highest BCUT2D eigenvalue weighted by Gasteiger charge is 2.00. The molecule has 0 aromatic carbocycles. The summed E-state index contributed by atoms with van der Waals surface area (Å²) in [5, 5.41) is 0. The van der Waals surface area contributed by atoms with Crippen LogP contribution in [0.25, 0.3) is 5.82 Å². The molecule has 0 amide bonds. The van der Waals surface area contributed by atoms with Crippen LogP contribution in [0.15, 0.2) is 30.9 Å². The molecule has 2 aromatic rings. The molecule has 0 saturated heterocycles. The maximum absolute atomic E-state index is 12.6. The highest BCUT2D eigenvalue weighted by molar-refractivity contribution is 5.22. The highest BCUT2D eigenvalue weighted by atomic mass is 19.1. The Balaban J connectivity index is 2.34. The molecule has 0 atom stereocenters. The lowest BCUT2D eigenvalue weighted by Gasteiger charge is -1.98. The first-order valence-electron chi connectivity index (χ1n) is 4.14. The minimum atomic E-state index is -0.354. The van der Waals surface area contributed by atoms with Crippen molar-refractivity contribution in [3.63, 3.8) is 0 Å². The summed E-state index contributed by atoms with van der Waals surface area (Å²) in [5.74, 6) is 0.270. The van der Waals surface area contributed by atoms with Gasteiger partial charge in [0.1, 0.15) is 18.0 Å². The van der Waals surface area contributed by atoms with E-state index in [4.69, 9.17) is 5.73 Å². The maximum Gasteiger partial charge on any atom is 0.141 e. The molecule has 72 valence electrons. The number of imidazole rings is 1. The molecule has 0 spiro atoms. The predicted molar refractivity (Wildman–Crippen MR) is 49.2 cm³/mol. The van der Waals surface area contributed by atoms with Crippen LogP contribution in [0.3, 0.4) is 0 Å². The first kappa shape index (κ1) is 8.83. The number of pyridine rings is 1. The second kappa shape index (κ2) is 3.55. The van der Waals surface area contributed by atoms with Gasteiger partial charge in [0.05, 0.1) is 11.9 Å². The fourth-order valence-corrected chi connectivity index (χ4v) is 1.12. The molecule has 2 rings (SSSR count). The van der Waals surface area contributed by atoms with Crippen LogP contribution in [-0.2, 0) is 6.54 Å². The average molecular weight is 192 g/mol. The monoisotopic (exact) mass is 192 g/mol. The van der Waals surface area contributed by atoms with Gasteiger partial charge >= 0.3 is 0 Å². The van der Waals surface area contributed by atoms with E-state index in [1.54, 1.807) is 23.2 Å². The molecule has 0 saturated carbocycles. The van der Waals surface area contributed by atoms with Gasteiger partial charge in [-0.05, 0) is 12.1 Å². The Morgan fingerprint density at radius 1 is 1.36 bits per heavy atom. The molecule has 0 fully saturated rings. The van der Waals surface area contributed by atoms with Crippen LogP contribution < -0.4 is 5.73 Å². The van der Waals surface area contributed by atoms with Crippen LogP contribution in [0.1, 0.15) is 5.69 Å². The Bertz CT molecular complexity index is 421. The SMILES string of the molecule is NCc1cn(-c2ccc(F)cn2)cn1. The van der Waals surface area contributed by atoms with Crippen molar-refractivity contribution in [3.05, 3.63) is 42.4 Å². The summed E-state index contributed by atoms with van der Waals surface area (Å²) in [4.78, 5) is 7.94. The van der Waals surface area contributed by atoms with Crippen LogP contribution in [0.4, 0.5) is 4.39 Å². The number of halogens is 1. The van der Waals surface area contributed by atoms with Crippen LogP contribution >= 0.6 is 0 Å². The molecule has 0 bridgehead atoms. The number of hydrogen-bond donors (Lipinski definition) is 1. The van der Waals surface area contributed by atoms with E-state index in [1.165, 1.54) is 6.07 Å². The van der Waals surface area contributed by atoms with Gasteiger partial charge in [-0.3, -0.25) is 4.57 Å². The summed E-state index contributed by atoms with van der Waals surface area (Å²) in [6, 6.07) is 2.93. The van der Waals surface area contributed by atoms with Crippen molar-refractivity contribution in [3.8, 4) is 5.82 Å². The van der Waals surface area contributed by atoms with Gasteiger partial charge < -0.3 is 5.73 Å². The molecule has 2 aromatic heterocycles. The van der Waals surface area contributed by atoms with Gasteiger partial charge in [0.15, 0.2) is 0 Å². The fraction of sp³-hybridized carbons (Fsp3) is 0.111. The first-order valence-corrected chi connectivity index (χ1v) is 4.14. The Morgan fingerprint density at radius 2 is 2.21 bits per heavy atom. The van der Waals surface area contributed by atoms with Gasteiger partial charge in [-0.25, -0.2) is 14.4 Å². The van der Waals surface area contributed by atoms with Crippen molar-refractivity contribution in [2.45, 2.75) is 6.54 Å². The number of aromatic nitrogens is 3. The molecule has 2 N–H and O–H groups in total. The summed E-state index contributed by atoms with van der Waals surface area (Å²) in [7, 11) is 0. The van der Waals surface area contributed by atoms with Gasteiger partial charge in [-0.1, -0.05) is 0 Å². The van der Waals surface area contributed by atoms with Gasteiger partial charge in [0.2, 0.25) is 0 Å². The van der Waals surface area contributed by atoms with Crippen LogP contribution in [0.5, 0.6) is 0 Å². The van der Waals surface area contributed by atoms with E-state index in [0.29, 0.717) is 12.4 Å². The molecule has 5 heteroatoms. The molecular weight excluding hydrogens is 183 g/mol. The Kier molecular flexibility index (Phi) is 2.24. The predicted octanol–water partition coefficient (Wildman–Crippen LogP) is 0.865. The zero-order valence-electron chi connectivity index (χ0n) is 7.39. The summed E-state index contributed by atoms with van der Waals surface area (Å²) in [5.41, 5.74) is 6.18. The van der Waals surface area contributed by atoms with E-state index in [-0.39, 0.29) is 5.82 Å². The minimum Gasteiger partial charge on any atom is -0.325 e. The number of rotatable bonds is 2. The highest BCUT2D eigenvalue weighted by Crippen LogP contribution is 2.05. The third kappa shape index (κ3) is 1.62. The number of hydrogen-bond acceptors (Lipinski definition) is 3. The molecule has 0 aliphatic heterocycles. The van der Waals surface area contributed by atoms with Crippen LogP contribution in [0.2, 0.25) is 0 Å². The first-order chi connectivity index (χ1) is 6.79. The molecule has 0 aliphatic carbocycles. The third-order valence-electron chi connectivity index (χ3n) is 1.82. The van der Waals surface area contributed by atoms with E-state index in [0.717, 1.165) is 11.9 Å². The lowest BCUT2D eigenvalue weighted by atomic mass is 10.4. The Hall–Kier alpha value is -1.75. The maximum atomic E-state index is 12.6. The van der Waals surface area contributed by atoms with E-state index in [1.807, 2.05) is 0 Å². The second-order valence-corrected chi connectivity index (χ2v) is 2.81. The lowest BCUT2D eigenvalue weighted by molar-refractivity contribution is 0.620. The molecule has 0 radical (unpaired) electrons. The molecule has 4 nitrogen and oxygen atoms in total. The summed E-state index contributed by atoms with van der Waals surface area (Å²) in [6.45, 7) is 0.383.